The lowest BCUT2D eigenvalue weighted by Crippen LogP contribution is -2.63. The van der Waals surface area contributed by atoms with Gasteiger partial charge in [-0.15, -0.1) is 0 Å². The van der Waals surface area contributed by atoms with Crippen molar-refractivity contribution < 1.29 is 40.7 Å². The molecule has 2 aliphatic rings. The smallest absolute Gasteiger partial charge is 0.380 e. The number of hydrogen-bond donors (Lipinski definition) is 3. The summed E-state index contributed by atoms with van der Waals surface area (Å²) in [4.78, 5) is 31.1. The van der Waals surface area contributed by atoms with Gasteiger partial charge in [0, 0.05) is 51.5 Å². The number of nitrogens with one attached hydrogen (secondary N) is 3. The molecule has 1 aromatic rings. The van der Waals surface area contributed by atoms with Gasteiger partial charge in [-0.3, -0.25) is 15.0 Å². The monoisotopic (exact) mass is 512 g/mol. The van der Waals surface area contributed by atoms with Crippen molar-refractivity contribution in [2.45, 2.75) is 24.8 Å². The van der Waals surface area contributed by atoms with Crippen LogP contribution in [-0.2, 0) is 20.5 Å². The van der Waals surface area contributed by atoms with Gasteiger partial charge in [-0.05, 0) is 12.1 Å². The SMILES string of the molecule is O=C1NNCC(NCCOCCC(=O)N2CCN(c3ccc(C(F)(F)F)cn3)CC2)C1C(F)(F)F. The van der Waals surface area contributed by atoms with Crippen LogP contribution < -0.4 is 21.1 Å². The molecule has 3 N–H and O–H groups in total. The van der Waals surface area contributed by atoms with Gasteiger partial charge in [0.05, 0.1) is 25.2 Å². The predicted octanol–water partition coefficient (Wildman–Crippen LogP) is 0.927. The zero-order valence-electron chi connectivity index (χ0n) is 18.6. The van der Waals surface area contributed by atoms with Crippen LogP contribution in [0.2, 0.25) is 0 Å². The molecule has 0 aliphatic carbocycles. The number of carbonyl (C=O) groups is 2. The molecule has 35 heavy (non-hydrogen) atoms. The van der Waals surface area contributed by atoms with Gasteiger partial charge in [0.15, 0.2) is 5.92 Å². The van der Waals surface area contributed by atoms with Crippen molar-refractivity contribution in [3.63, 3.8) is 0 Å². The average Bonchev–Trinajstić information content (AvgIpc) is 2.80. The number of hydrogen-bond acceptors (Lipinski definition) is 7. The van der Waals surface area contributed by atoms with E-state index in [9.17, 15) is 35.9 Å². The molecule has 2 fully saturated rings. The Labute approximate surface area is 197 Å². The molecule has 2 saturated heterocycles. The summed E-state index contributed by atoms with van der Waals surface area (Å²) in [5.74, 6) is -3.08. The quantitative estimate of drug-likeness (QED) is 0.352. The number of aromatic nitrogens is 1. The Hall–Kier alpha value is -2.65. The highest BCUT2D eigenvalue weighted by atomic mass is 19.4. The lowest BCUT2D eigenvalue weighted by atomic mass is 9.96. The van der Waals surface area contributed by atoms with Crippen LogP contribution >= 0.6 is 0 Å². The summed E-state index contributed by atoms with van der Waals surface area (Å²) in [6.45, 7) is 1.69. The summed E-state index contributed by atoms with van der Waals surface area (Å²) in [7, 11) is 0. The highest BCUT2D eigenvalue weighted by molar-refractivity contribution is 5.80. The first kappa shape index (κ1) is 26.9. The van der Waals surface area contributed by atoms with Gasteiger partial charge in [-0.2, -0.15) is 26.3 Å². The van der Waals surface area contributed by atoms with Crippen LogP contribution in [0.1, 0.15) is 12.0 Å². The molecule has 9 nitrogen and oxygen atoms in total. The molecule has 2 amide bonds. The van der Waals surface area contributed by atoms with E-state index >= 15 is 0 Å². The molecule has 0 aromatic carbocycles. The summed E-state index contributed by atoms with van der Waals surface area (Å²) in [6, 6.07) is 1.13. The Balaban J connectivity index is 1.32. The van der Waals surface area contributed by atoms with E-state index in [1.807, 2.05) is 5.43 Å². The fourth-order valence-electron chi connectivity index (χ4n) is 3.86. The van der Waals surface area contributed by atoms with Crippen LogP contribution in [0.5, 0.6) is 0 Å². The van der Waals surface area contributed by atoms with E-state index in [0.29, 0.717) is 32.0 Å². The van der Waals surface area contributed by atoms with E-state index in [1.54, 1.807) is 9.80 Å². The van der Waals surface area contributed by atoms with Gasteiger partial charge >= 0.3 is 12.4 Å². The molecular weight excluding hydrogens is 486 g/mol. The van der Waals surface area contributed by atoms with E-state index in [0.717, 1.165) is 12.3 Å². The average molecular weight is 512 g/mol. The van der Waals surface area contributed by atoms with Crippen LogP contribution in [-0.4, -0.2) is 86.4 Å². The molecule has 2 atom stereocenters. The molecule has 3 rings (SSSR count). The second-order valence-electron chi connectivity index (χ2n) is 8.08. The van der Waals surface area contributed by atoms with Gasteiger partial charge in [0.2, 0.25) is 11.8 Å². The lowest BCUT2D eigenvalue weighted by molar-refractivity contribution is -0.192. The van der Waals surface area contributed by atoms with Crippen molar-refractivity contribution in [3.05, 3.63) is 23.9 Å². The number of pyridine rings is 1. The number of alkyl halides is 6. The third kappa shape index (κ3) is 7.41. The third-order valence-corrected chi connectivity index (χ3v) is 5.72. The van der Waals surface area contributed by atoms with E-state index in [2.05, 4.69) is 15.7 Å². The van der Waals surface area contributed by atoms with Crippen molar-refractivity contribution in [1.82, 2.24) is 26.1 Å². The Morgan fingerprint density at radius 3 is 2.43 bits per heavy atom. The lowest BCUT2D eigenvalue weighted by Gasteiger charge is -2.35. The van der Waals surface area contributed by atoms with E-state index < -0.39 is 35.8 Å². The minimum Gasteiger partial charge on any atom is -0.380 e. The minimum absolute atomic E-state index is 0.0589. The number of anilines is 1. The van der Waals surface area contributed by atoms with E-state index in [1.165, 1.54) is 6.07 Å². The van der Waals surface area contributed by atoms with Gasteiger partial charge in [0.1, 0.15) is 5.82 Å². The minimum atomic E-state index is -4.68. The maximum Gasteiger partial charge on any atom is 0.417 e. The summed E-state index contributed by atoms with van der Waals surface area (Å²) < 4.78 is 82.5. The normalized spacial score (nSPS) is 21.7. The largest absolute Gasteiger partial charge is 0.417 e. The zero-order valence-corrected chi connectivity index (χ0v) is 18.6. The maximum atomic E-state index is 13.1. The molecule has 0 spiro atoms. The molecule has 3 heterocycles. The Morgan fingerprint density at radius 1 is 1.11 bits per heavy atom. The molecule has 2 unspecified atom stereocenters. The Bertz CT molecular complexity index is 858. The fourth-order valence-corrected chi connectivity index (χ4v) is 3.86. The van der Waals surface area contributed by atoms with Crippen LogP contribution in [0.3, 0.4) is 0 Å². The standard InChI is InChI=1S/C20H26F6N6O3/c21-19(22,23)13-1-2-15(28-11-13)31-5-7-32(8-6-31)16(33)3-9-35-10-4-27-14-12-29-30-18(34)17(14)20(24,25)26/h1-2,11,14,17,27,29H,3-10,12H2,(H,30,34). The van der Waals surface area contributed by atoms with Crippen LogP contribution in [0, 0.1) is 5.92 Å². The number of nitrogens with zero attached hydrogens (tertiary/aromatic N) is 3. The van der Waals surface area contributed by atoms with Crippen molar-refractivity contribution in [2.24, 2.45) is 5.92 Å². The van der Waals surface area contributed by atoms with Gasteiger partial charge in [0.25, 0.3) is 0 Å². The molecule has 1 aromatic heterocycles. The van der Waals surface area contributed by atoms with E-state index in [4.69, 9.17) is 4.74 Å². The van der Waals surface area contributed by atoms with Crippen LogP contribution in [0.4, 0.5) is 32.2 Å². The molecular formula is C20H26F6N6O3. The fraction of sp³-hybridized carbons (Fsp3) is 0.650. The molecule has 15 heteroatoms. The zero-order chi connectivity index (χ0) is 25.6. The number of hydrazine groups is 1. The molecule has 0 saturated carbocycles. The van der Waals surface area contributed by atoms with Gasteiger partial charge in [-0.1, -0.05) is 0 Å². The number of ether oxygens (including phenoxy) is 1. The van der Waals surface area contributed by atoms with Crippen LogP contribution in [0.15, 0.2) is 18.3 Å². The summed E-state index contributed by atoms with van der Waals surface area (Å²) >= 11 is 0. The molecule has 2 aliphatic heterocycles. The second kappa shape index (κ2) is 11.4. The van der Waals surface area contributed by atoms with Crippen molar-refractivity contribution >= 4 is 17.6 Å². The first-order valence-electron chi connectivity index (χ1n) is 10.9. The Morgan fingerprint density at radius 2 is 1.83 bits per heavy atom. The van der Waals surface area contributed by atoms with Gasteiger partial charge in [-0.25, -0.2) is 10.4 Å². The molecule has 196 valence electrons. The number of halogens is 6. The van der Waals surface area contributed by atoms with Crippen molar-refractivity contribution in [1.29, 1.82) is 0 Å². The van der Waals surface area contributed by atoms with Crippen molar-refractivity contribution in [2.75, 3.05) is 57.4 Å². The number of carbonyl (C=O) groups excluding carboxylic acids is 2. The number of amides is 2. The first-order valence-corrected chi connectivity index (χ1v) is 10.9. The predicted molar refractivity (Wildman–Crippen MR) is 111 cm³/mol. The topological polar surface area (TPSA) is 98.8 Å². The van der Waals surface area contributed by atoms with E-state index in [-0.39, 0.29) is 38.6 Å². The second-order valence-corrected chi connectivity index (χ2v) is 8.08. The van der Waals surface area contributed by atoms with Gasteiger partial charge < -0.3 is 19.9 Å². The number of rotatable bonds is 8. The highest BCUT2D eigenvalue weighted by Gasteiger charge is 2.51. The molecule has 0 bridgehead atoms. The third-order valence-electron chi connectivity index (χ3n) is 5.72. The molecule has 0 radical (unpaired) electrons. The summed E-state index contributed by atoms with van der Waals surface area (Å²) in [5, 5.41) is 2.65. The summed E-state index contributed by atoms with van der Waals surface area (Å²) in [6.07, 6.45) is -8.27. The van der Waals surface area contributed by atoms with Crippen LogP contribution in [0.25, 0.3) is 0 Å². The first-order chi connectivity index (χ1) is 16.5. The number of piperazine rings is 1. The summed E-state index contributed by atoms with van der Waals surface area (Å²) in [5.41, 5.74) is 3.55. The highest BCUT2D eigenvalue weighted by Crippen LogP contribution is 2.30. The van der Waals surface area contributed by atoms with Crippen molar-refractivity contribution in [3.8, 4) is 0 Å². The maximum absolute atomic E-state index is 13.1. The Kier molecular flexibility index (Phi) is 8.77.